The van der Waals surface area contributed by atoms with E-state index in [9.17, 15) is 14.4 Å². The maximum Gasteiger partial charge on any atom is 0.229 e. The van der Waals surface area contributed by atoms with Crippen LogP contribution in [-0.4, -0.2) is 23.4 Å². The summed E-state index contributed by atoms with van der Waals surface area (Å²) in [6.45, 7) is 4.54. The molecule has 0 bridgehead atoms. The van der Waals surface area contributed by atoms with Gasteiger partial charge in [0.1, 0.15) is 5.82 Å². The minimum absolute atomic E-state index is 0.0803. The molecule has 0 unspecified atom stereocenters. The maximum atomic E-state index is 14.3. The van der Waals surface area contributed by atoms with Crippen LogP contribution >= 0.6 is 11.8 Å². The van der Waals surface area contributed by atoms with E-state index in [-0.39, 0.29) is 18.1 Å². The zero-order chi connectivity index (χ0) is 19.8. The van der Waals surface area contributed by atoms with Gasteiger partial charge in [-0.2, -0.15) is 5.26 Å². The van der Waals surface area contributed by atoms with Crippen molar-refractivity contribution in [1.82, 2.24) is 4.90 Å². The Morgan fingerprint density at radius 1 is 1.18 bits per heavy atom. The van der Waals surface area contributed by atoms with E-state index < -0.39 is 5.92 Å². The number of fused-ring (bicyclic) bond motifs is 1. The second-order valence-electron chi connectivity index (χ2n) is 7.15. The third kappa shape index (κ3) is 3.16. The Kier molecular flexibility index (Phi) is 4.86. The molecular weight excluding hydrogens is 373 g/mol. The largest absolute Gasteiger partial charge is 0.344 e. The minimum atomic E-state index is -0.523. The topological polar surface area (TPSA) is 47.3 Å². The number of hydrogen-bond acceptors (Lipinski definition) is 4. The zero-order valence-electron chi connectivity index (χ0n) is 15.8. The standard InChI is InChI=1S/C22H20FN3OS/c1-14-7-8-16(9-15(14)2)25-12-26-21(27)10-18(17-5-3-4-6-20(17)23)19(11-24)22(26)28-13-25/h3-9,18H,10,12-13H2,1-2H3/t18-/m0/s1. The summed E-state index contributed by atoms with van der Waals surface area (Å²) >= 11 is 1.47. The maximum absolute atomic E-state index is 14.3. The number of nitrogens with zero attached hydrogens (tertiary/aromatic N) is 3. The van der Waals surface area contributed by atoms with Crippen LogP contribution in [0.4, 0.5) is 10.1 Å². The molecule has 4 nitrogen and oxygen atoms in total. The van der Waals surface area contributed by atoms with Crippen molar-refractivity contribution < 1.29 is 9.18 Å². The zero-order valence-corrected chi connectivity index (χ0v) is 16.6. The van der Waals surface area contributed by atoms with Crippen molar-refractivity contribution in [2.24, 2.45) is 0 Å². The van der Waals surface area contributed by atoms with Gasteiger partial charge >= 0.3 is 0 Å². The quantitative estimate of drug-likeness (QED) is 0.744. The number of allylic oxidation sites excluding steroid dienone is 1. The molecule has 1 fully saturated rings. The van der Waals surface area contributed by atoms with Gasteiger partial charge in [-0.25, -0.2) is 4.39 Å². The van der Waals surface area contributed by atoms with Gasteiger partial charge in [-0.05, 0) is 48.7 Å². The first-order valence-corrected chi connectivity index (χ1v) is 10.1. The first-order chi connectivity index (χ1) is 13.5. The molecule has 2 aliphatic rings. The van der Waals surface area contributed by atoms with Gasteiger partial charge in [-0.3, -0.25) is 9.69 Å². The third-order valence-corrected chi connectivity index (χ3v) is 6.58. The van der Waals surface area contributed by atoms with Crippen LogP contribution in [0.3, 0.4) is 0 Å². The van der Waals surface area contributed by atoms with Gasteiger partial charge in [0.25, 0.3) is 0 Å². The molecule has 6 heteroatoms. The number of halogens is 1. The smallest absolute Gasteiger partial charge is 0.229 e. The molecule has 1 saturated heterocycles. The Morgan fingerprint density at radius 2 is 1.96 bits per heavy atom. The molecule has 1 amide bonds. The van der Waals surface area contributed by atoms with E-state index in [0.717, 1.165) is 5.69 Å². The highest BCUT2D eigenvalue weighted by atomic mass is 32.2. The van der Waals surface area contributed by atoms with Crippen molar-refractivity contribution >= 4 is 23.4 Å². The molecule has 0 aliphatic carbocycles. The summed E-state index contributed by atoms with van der Waals surface area (Å²) in [5.41, 5.74) is 4.37. The lowest BCUT2D eigenvalue weighted by Gasteiger charge is -2.42. The van der Waals surface area contributed by atoms with Gasteiger partial charge in [0.05, 0.1) is 29.2 Å². The van der Waals surface area contributed by atoms with E-state index in [0.29, 0.717) is 28.7 Å². The Hall–Kier alpha value is -2.78. The lowest BCUT2D eigenvalue weighted by molar-refractivity contribution is -0.129. The van der Waals surface area contributed by atoms with Crippen molar-refractivity contribution in [3.8, 4) is 6.07 Å². The average molecular weight is 393 g/mol. The van der Waals surface area contributed by atoms with Crippen LogP contribution in [0.25, 0.3) is 0 Å². The monoisotopic (exact) mass is 393 g/mol. The number of nitriles is 1. The Labute approximate surface area is 168 Å². The van der Waals surface area contributed by atoms with Crippen LogP contribution in [0.2, 0.25) is 0 Å². The summed E-state index contributed by atoms with van der Waals surface area (Å²) in [5.74, 6) is -0.342. The average Bonchev–Trinajstić information content (AvgIpc) is 2.70. The Morgan fingerprint density at radius 3 is 2.68 bits per heavy atom. The van der Waals surface area contributed by atoms with Gasteiger partial charge < -0.3 is 4.90 Å². The number of rotatable bonds is 2. The SMILES string of the molecule is Cc1ccc(N2CSC3=C(C#N)[C@H](c4ccccc4F)CC(=O)N3C2)cc1C. The summed E-state index contributed by atoms with van der Waals surface area (Å²) in [4.78, 5) is 16.7. The van der Waals surface area contributed by atoms with E-state index >= 15 is 0 Å². The van der Waals surface area contributed by atoms with E-state index in [4.69, 9.17) is 0 Å². The molecule has 2 aromatic rings. The lowest BCUT2D eigenvalue weighted by Crippen LogP contribution is -2.47. The number of thioether (sulfide) groups is 1. The van der Waals surface area contributed by atoms with Gasteiger partial charge in [0.15, 0.2) is 0 Å². The van der Waals surface area contributed by atoms with Crippen LogP contribution in [0.1, 0.15) is 29.0 Å². The molecule has 0 spiro atoms. The minimum Gasteiger partial charge on any atom is -0.344 e. The molecule has 0 aromatic heterocycles. The highest BCUT2D eigenvalue weighted by Crippen LogP contribution is 2.43. The van der Waals surface area contributed by atoms with Crippen LogP contribution < -0.4 is 4.90 Å². The van der Waals surface area contributed by atoms with Crippen molar-refractivity contribution in [3.63, 3.8) is 0 Å². The van der Waals surface area contributed by atoms with Crippen molar-refractivity contribution in [2.45, 2.75) is 26.2 Å². The van der Waals surface area contributed by atoms with Crippen molar-refractivity contribution in [3.05, 3.63) is 75.6 Å². The Balaban J connectivity index is 1.68. The fourth-order valence-electron chi connectivity index (χ4n) is 3.67. The molecule has 0 saturated carbocycles. The fraction of sp³-hybridized carbons (Fsp3) is 0.273. The summed E-state index contributed by atoms with van der Waals surface area (Å²) < 4.78 is 14.3. The number of anilines is 1. The number of amides is 1. The van der Waals surface area contributed by atoms with Crippen LogP contribution in [0.5, 0.6) is 0 Å². The molecule has 2 aromatic carbocycles. The third-order valence-electron chi connectivity index (χ3n) is 5.43. The normalized spacial score (nSPS) is 19.5. The summed E-state index contributed by atoms with van der Waals surface area (Å²) in [5, 5.41) is 10.5. The number of benzene rings is 2. The van der Waals surface area contributed by atoms with Crippen molar-refractivity contribution in [1.29, 1.82) is 5.26 Å². The first kappa shape index (κ1) is 18.6. The second-order valence-corrected chi connectivity index (χ2v) is 8.09. The molecule has 2 aliphatic heterocycles. The van der Waals surface area contributed by atoms with Gasteiger partial charge in [-0.15, -0.1) is 0 Å². The van der Waals surface area contributed by atoms with E-state index in [1.165, 1.54) is 29.0 Å². The molecule has 4 rings (SSSR count). The molecule has 0 radical (unpaired) electrons. The van der Waals surface area contributed by atoms with E-state index in [1.807, 2.05) is 0 Å². The van der Waals surface area contributed by atoms with Crippen molar-refractivity contribution in [2.75, 3.05) is 17.4 Å². The molecule has 2 heterocycles. The molecular formula is C22H20FN3OS. The number of hydrogen-bond donors (Lipinski definition) is 0. The highest BCUT2D eigenvalue weighted by molar-refractivity contribution is 8.03. The highest BCUT2D eigenvalue weighted by Gasteiger charge is 2.39. The van der Waals surface area contributed by atoms with Gasteiger partial charge in [0.2, 0.25) is 5.91 Å². The molecule has 1 atom stereocenters. The number of aryl methyl sites for hydroxylation is 2. The van der Waals surface area contributed by atoms with Crippen LogP contribution in [0, 0.1) is 31.0 Å². The molecule has 142 valence electrons. The van der Waals surface area contributed by atoms with Gasteiger partial charge in [-0.1, -0.05) is 36.0 Å². The lowest BCUT2D eigenvalue weighted by atomic mass is 9.86. The summed E-state index contributed by atoms with van der Waals surface area (Å²) in [6, 6.07) is 14.9. The number of carbonyl (C=O) groups excluding carboxylic acids is 1. The Bertz CT molecular complexity index is 1030. The molecule has 28 heavy (non-hydrogen) atoms. The van der Waals surface area contributed by atoms with Crippen LogP contribution in [0.15, 0.2) is 53.1 Å². The van der Waals surface area contributed by atoms with Gasteiger partial charge in [0, 0.05) is 18.0 Å². The summed E-state index contributed by atoms with van der Waals surface area (Å²) in [6.07, 6.45) is 0.106. The van der Waals surface area contributed by atoms with Crippen LogP contribution in [-0.2, 0) is 4.79 Å². The van der Waals surface area contributed by atoms with E-state index in [1.54, 1.807) is 23.1 Å². The molecule has 0 N–H and O–H groups in total. The number of carbonyl (C=O) groups is 1. The summed E-state index contributed by atoms with van der Waals surface area (Å²) in [7, 11) is 0. The second kappa shape index (κ2) is 7.33. The fourth-order valence-corrected chi connectivity index (χ4v) is 4.84. The van der Waals surface area contributed by atoms with E-state index in [2.05, 4.69) is 43.0 Å². The predicted molar refractivity (Wildman–Crippen MR) is 109 cm³/mol. The first-order valence-electron chi connectivity index (χ1n) is 9.13. The predicted octanol–water partition coefficient (Wildman–Crippen LogP) is 4.66.